The summed E-state index contributed by atoms with van der Waals surface area (Å²) >= 11 is 1.65. The summed E-state index contributed by atoms with van der Waals surface area (Å²) in [7, 11) is 0. The highest BCUT2D eigenvalue weighted by atomic mass is 32.1. The largest absolute Gasteiger partial charge is 0.352 e. The first-order chi connectivity index (χ1) is 12.7. The van der Waals surface area contributed by atoms with E-state index >= 15 is 0 Å². The zero-order valence-electron chi connectivity index (χ0n) is 14.8. The number of hydrogen-bond acceptors (Lipinski definition) is 3. The Morgan fingerprint density at radius 2 is 1.85 bits per heavy atom. The predicted octanol–water partition coefficient (Wildman–Crippen LogP) is 4.07. The molecule has 0 aliphatic rings. The van der Waals surface area contributed by atoms with Crippen molar-refractivity contribution in [3.63, 3.8) is 0 Å². The van der Waals surface area contributed by atoms with Crippen LogP contribution in [-0.4, -0.2) is 29.8 Å². The lowest BCUT2D eigenvalue weighted by Crippen LogP contribution is -2.34. The Balaban J connectivity index is 1.52. The minimum atomic E-state index is -0.148. The molecule has 0 fully saturated rings. The quantitative estimate of drug-likeness (QED) is 0.685. The van der Waals surface area contributed by atoms with E-state index in [1.807, 2.05) is 71.8 Å². The van der Waals surface area contributed by atoms with Crippen molar-refractivity contribution in [2.45, 2.75) is 19.9 Å². The Hall–Kier alpha value is -2.66. The van der Waals surface area contributed by atoms with Gasteiger partial charge in [0, 0.05) is 30.0 Å². The summed E-state index contributed by atoms with van der Waals surface area (Å²) in [5, 5.41) is 6.99. The maximum Gasteiger partial charge on any atom is 0.251 e. The zero-order chi connectivity index (χ0) is 18.4. The zero-order valence-corrected chi connectivity index (χ0v) is 15.6. The van der Waals surface area contributed by atoms with Crippen LogP contribution >= 0.6 is 11.3 Å². The lowest BCUT2D eigenvalue weighted by atomic mass is 10.1. The van der Waals surface area contributed by atoms with Crippen molar-refractivity contribution in [2.24, 2.45) is 0 Å². The van der Waals surface area contributed by atoms with Crippen LogP contribution in [0.5, 0.6) is 0 Å². The van der Waals surface area contributed by atoms with Crippen LogP contribution in [0, 0.1) is 0 Å². The van der Waals surface area contributed by atoms with Gasteiger partial charge in [0.1, 0.15) is 0 Å². The molecule has 1 aromatic heterocycles. The van der Waals surface area contributed by atoms with E-state index in [1.165, 1.54) is 4.88 Å². The maximum absolute atomic E-state index is 12.4. The molecule has 0 aliphatic heterocycles. The topological polar surface area (TPSA) is 49.4 Å². The summed E-state index contributed by atoms with van der Waals surface area (Å²) in [5.41, 5.74) is 0.613. The van der Waals surface area contributed by atoms with E-state index in [0.29, 0.717) is 31.6 Å². The summed E-state index contributed by atoms with van der Waals surface area (Å²) in [6.07, 6.45) is 0.304. The second kappa shape index (κ2) is 8.63. The average Bonchev–Trinajstić information content (AvgIpc) is 3.18. The average molecular weight is 366 g/mol. The first-order valence-corrected chi connectivity index (χ1v) is 9.62. The molecule has 0 saturated carbocycles. The Morgan fingerprint density at radius 1 is 1.04 bits per heavy atom. The normalized spacial score (nSPS) is 10.7. The van der Waals surface area contributed by atoms with Crippen molar-refractivity contribution in [1.82, 2.24) is 10.2 Å². The van der Waals surface area contributed by atoms with Gasteiger partial charge in [-0.15, -0.1) is 11.3 Å². The molecule has 1 N–H and O–H groups in total. The van der Waals surface area contributed by atoms with Gasteiger partial charge in [0.25, 0.3) is 5.91 Å². The molecule has 0 atom stereocenters. The Labute approximate surface area is 157 Å². The molecule has 4 nitrogen and oxygen atoms in total. The summed E-state index contributed by atoms with van der Waals surface area (Å²) in [4.78, 5) is 27.7. The Bertz CT molecular complexity index is 890. The van der Waals surface area contributed by atoms with Gasteiger partial charge in [-0.25, -0.2) is 0 Å². The number of thiophene rings is 1. The lowest BCUT2D eigenvalue weighted by molar-refractivity contribution is -0.131. The predicted molar refractivity (Wildman–Crippen MR) is 106 cm³/mol. The molecule has 0 spiro atoms. The molecule has 3 rings (SSSR count). The fourth-order valence-corrected chi connectivity index (χ4v) is 3.56. The summed E-state index contributed by atoms with van der Waals surface area (Å²) in [5.74, 6) is -0.0930. The molecule has 0 aliphatic carbocycles. The number of nitrogens with one attached hydrogen (secondary N) is 1. The highest BCUT2D eigenvalue weighted by molar-refractivity contribution is 7.09. The Kier molecular flexibility index (Phi) is 6.02. The molecule has 1 heterocycles. The SMILES string of the molecule is CCN(Cc1cccs1)C(=O)CCNC(=O)c1ccc2ccccc2c1. The summed E-state index contributed by atoms with van der Waals surface area (Å²) < 4.78 is 0. The van der Waals surface area contributed by atoms with E-state index in [4.69, 9.17) is 0 Å². The third-order valence-electron chi connectivity index (χ3n) is 4.30. The molecule has 5 heteroatoms. The molecule has 3 aromatic rings. The molecule has 134 valence electrons. The summed E-state index contributed by atoms with van der Waals surface area (Å²) in [6, 6.07) is 17.6. The number of rotatable bonds is 7. The smallest absolute Gasteiger partial charge is 0.251 e. The van der Waals surface area contributed by atoms with Crippen LogP contribution in [0.25, 0.3) is 10.8 Å². The van der Waals surface area contributed by atoms with E-state index in [1.54, 1.807) is 11.3 Å². The highest BCUT2D eigenvalue weighted by Crippen LogP contribution is 2.16. The van der Waals surface area contributed by atoms with Crippen LogP contribution in [0.4, 0.5) is 0 Å². The molecule has 2 amide bonds. The third-order valence-corrected chi connectivity index (χ3v) is 5.16. The van der Waals surface area contributed by atoms with Gasteiger partial charge in [-0.05, 0) is 41.3 Å². The first-order valence-electron chi connectivity index (χ1n) is 8.74. The van der Waals surface area contributed by atoms with Gasteiger partial charge in [0.15, 0.2) is 0 Å². The van der Waals surface area contributed by atoms with Crippen molar-refractivity contribution >= 4 is 33.9 Å². The van der Waals surface area contributed by atoms with Crippen molar-refractivity contribution in [3.8, 4) is 0 Å². The number of amides is 2. The van der Waals surface area contributed by atoms with Crippen LogP contribution in [0.15, 0.2) is 60.0 Å². The molecule has 2 aromatic carbocycles. The lowest BCUT2D eigenvalue weighted by Gasteiger charge is -2.20. The molecule has 0 bridgehead atoms. The van der Waals surface area contributed by atoms with Crippen molar-refractivity contribution in [3.05, 3.63) is 70.4 Å². The van der Waals surface area contributed by atoms with E-state index in [-0.39, 0.29) is 11.8 Å². The van der Waals surface area contributed by atoms with E-state index in [9.17, 15) is 9.59 Å². The number of fused-ring (bicyclic) bond motifs is 1. The molecule has 26 heavy (non-hydrogen) atoms. The van der Waals surface area contributed by atoms with Gasteiger partial charge >= 0.3 is 0 Å². The van der Waals surface area contributed by atoms with Crippen molar-refractivity contribution < 1.29 is 9.59 Å². The number of carbonyl (C=O) groups is 2. The number of carbonyl (C=O) groups excluding carboxylic acids is 2. The fourth-order valence-electron chi connectivity index (χ4n) is 2.84. The fraction of sp³-hybridized carbons (Fsp3) is 0.238. The first kappa shape index (κ1) is 18.1. The molecule has 0 unspecified atom stereocenters. The van der Waals surface area contributed by atoms with Gasteiger partial charge in [0.05, 0.1) is 6.54 Å². The van der Waals surface area contributed by atoms with Gasteiger partial charge in [0.2, 0.25) is 5.91 Å². The van der Waals surface area contributed by atoms with Crippen molar-refractivity contribution in [1.29, 1.82) is 0 Å². The third kappa shape index (κ3) is 4.49. The van der Waals surface area contributed by atoms with Crippen LogP contribution in [0.2, 0.25) is 0 Å². The monoisotopic (exact) mass is 366 g/mol. The van der Waals surface area contributed by atoms with E-state index in [0.717, 1.165) is 10.8 Å². The standard InChI is InChI=1S/C21H22N2O2S/c1-2-23(15-19-8-5-13-26-19)20(24)11-12-22-21(25)18-10-9-16-6-3-4-7-17(16)14-18/h3-10,13-14H,2,11-12,15H2,1H3,(H,22,25). The number of hydrogen-bond donors (Lipinski definition) is 1. The minimum absolute atomic E-state index is 0.0553. The van der Waals surface area contributed by atoms with E-state index < -0.39 is 0 Å². The van der Waals surface area contributed by atoms with Gasteiger partial charge in [-0.3, -0.25) is 9.59 Å². The van der Waals surface area contributed by atoms with Crippen LogP contribution in [-0.2, 0) is 11.3 Å². The Morgan fingerprint density at radius 3 is 2.58 bits per heavy atom. The second-order valence-corrected chi connectivity index (χ2v) is 7.09. The van der Waals surface area contributed by atoms with Gasteiger partial charge < -0.3 is 10.2 Å². The van der Waals surface area contributed by atoms with Gasteiger partial charge in [-0.1, -0.05) is 36.4 Å². The molecular formula is C21H22N2O2S. The number of nitrogens with zero attached hydrogens (tertiary/aromatic N) is 1. The minimum Gasteiger partial charge on any atom is -0.352 e. The molecular weight excluding hydrogens is 344 g/mol. The highest BCUT2D eigenvalue weighted by Gasteiger charge is 2.13. The van der Waals surface area contributed by atoms with Crippen LogP contribution < -0.4 is 5.32 Å². The van der Waals surface area contributed by atoms with Crippen molar-refractivity contribution in [2.75, 3.05) is 13.1 Å². The molecule has 0 radical (unpaired) electrons. The summed E-state index contributed by atoms with van der Waals surface area (Å²) in [6.45, 7) is 3.60. The number of benzene rings is 2. The van der Waals surface area contributed by atoms with E-state index in [2.05, 4.69) is 5.32 Å². The second-order valence-electron chi connectivity index (χ2n) is 6.06. The van der Waals surface area contributed by atoms with Crippen LogP contribution in [0.3, 0.4) is 0 Å². The maximum atomic E-state index is 12.4. The molecule has 0 saturated heterocycles. The van der Waals surface area contributed by atoms with Crippen LogP contribution in [0.1, 0.15) is 28.6 Å². The van der Waals surface area contributed by atoms with Gasteiger partial charge in [-0.2, -0.15) is 0 Å².